The highest BCUT2D eigenvalue weighted by molar-refractivity contribution is 6.05. The summed E-state index contributed by atoms with van der Waals surface area (Å²) in [5.74, 6) is -0.813. The second kappa shape index (κ2) is 16.8. The van der Waals surface area contributed by atoms with Crippen LogP contribution in [0, 0.1) is 17.1 Å². The molecule has 14 heteroatoms. The molecule has 0 spiro atoms. The van der Waals surface area contributed by atoms with E-state index in [0.29, 0.717) is 68.1 Å². The van der Waals surface area contributed by atoms with Crippen molar-refractivity contribution in [1.29, 1.82) is 5.41 Å². The number of hydrogen-bond donors (Lipinski definition) is 5. The summed E-state index contributed by atoms with van der Waals surface area (Å²) in [6.45, 7) is 2.63. The molecule has 3 aromatic rings. The fourth-order valence-electron chi connectivity index (χ4n) is 6.34. The minimum Gasteiger partial charge on any atom is -0.397 e. The molecule has 2 aliphatic carbocycles. The van der Waals surface area contributed by atoms with Crippen LogP contribution < -0.4 is 22.1 Å². The van der Waals surface area contributed by atoms with Crippen LogP contribution in [0.2, 0.25) is 0 Å². The van der Waals surface area contributed by atoms with Crippen LogP contribution in [-0.4, -0.2) is 111 Å². The van der Waals surface area contributed by atoms with Crippen LogP contribution in [0.25, 0.3) is 0 Å². The minimum absolute atomic E-state index is 0.0887. The lowest BCUT2D eigenvalue weighted by Crippen LogP contribution is -2.52. The first kappa shape index (κ1) is 37.2. The molecule has 0 bridgehead atoms. The molecular formula is C37H45FN8O5. The van der Waals surface area contributed by atoms with Crippen LogP contribution in [0.4, 0.5) is 10.1 Å². The molecule has 51 heavy (non-hydrogen) atoms. The van der Waals surface area contributed by atoms with Crippen LogP contribution in [-0.2, 0) is 21.4 Å². The topological polar surface area (TPSA) is 197 Å². The molecule has 3 fully saturated rings. The highest BCUT2D eigenvalue weighted by atomic mass is 19.1. The Morgan fingerprint density at radius 2 is 1.71 bits per heavy atom. The van der Waals surface area contributed by atoms with Crippen LogP contribution in [0.1, 0.15) is 60.7 Å². The number of aromatic nitrogens is 1. The fourth-order valence-corrected chi connectivity index (χ4v) is 6.34. The SMILES string of the molecule is CN.N=C(Cc1ccc(F)c(C(=O)N2CCN(C(=O)CNCCOCCNC(=O)c3ncc(C45CC4C5)cc3N)CC2)c1)c1ccccc1C=O. The van der Waals surface area contributed by atoms with E-state index in [1.165, 1.54) is 43.0 Å². The molecule has 2 aromatic carbocycles. The molecule has 7 N–H and O–H groups in total. The molecule has 0 unspecified atom stereocenters. The number of pyridine rings is 1. The number of nitrogens with two attached hydrogens (primary N) is 2. The van der Waals surface area contributed by atoms with Crippen molar-refractivity contribution >= 4 is 35.4 Å². The number of piperazine rings is 1. The minimum atomic E-state index is -0.656. The van der Waals surface area contributed by atoms with E-state index in [4.69, 9.17) is 15.9 Å². The number of rotatable bonds is 15. The molecule has 13 nitrogen and oxygen atoms in total. The number of hydrogen-bond acceptors (Lipinski definition) is 10. The standard InChI is InChI=1S/C36H40FN7O5.CH5N/c37-29-6-5-23(16-30(38)27-4-2-1-3-24(27)22-45)15-28(29)35(48)44-11-9-43(10-12-44)32(46)21-40-7-13-49-14-8-41-34(47)33-31(39)17-25(20-42-33)36-18-26(36)19-36;1-2/h1-6,15,17,20,22,26,38,40H,7-14,16,18-19,21,39H2,(H,41,47);2H2,1H3. The molecule has 270 valence electrons. The Bertz CT molecular complexity index is 1770. The van der Waals surface area contributed by atoms with Crippen LogP contribution in [0.5, 0.6) is 0 Å². The van der Waals surface area contributed by atoms with Gasteiger partial charge in [0.2, 0.25) is 5.91 Å². The van der Waals surface area contributed by atoms with Gasteiger partial charge in [-0.05, 0) is 55.1 Å². The number of ether oxygens (including phenoxy) is 1. The number of anilines is 1. The Labute approximate surface area is 296 Å². The first-order chi connectivity index (χ1) is 24.7. The lowest BCUT2D eigenvalue weighted by atomic mass is 9.97. The van der Waals surface area contributed by atoms with Gasteiger partial charge in [0.15, 0.2) is 12.0 Å². The lowest BCUT2D eigenvalue weighted by molar-refractivity contribution is -0.131. The number of fused-ring (bicyclic) bond motifs is 1. The summed E-state index contributed by atoms with van der Waals surface area (Å²) >= 11 is 0. The van der Waals surface area contributed by atoms with Gasteiger partial charge in [-0.3, -0.25) is 19.2 Å². The third-order valence-corrected chi connectivity index (χ3v) is 9.60. The monoisotopic (exact) mass is 700 g/mol. The zero-order valence-corrected chi connectivity index (χ0v) is 28.8. The molecule has 6 rings (SSSR count). The van der Waals surface area contributed by atoms with Crippen LogP contribution >= 0.6 is 0 Å². The normalized spacial score (nSPS) is 18.5. The van der Waals surface area contributed by atoms with E-state index in [-0.39, 0.29) is 60.3 Å². The average Bonchev–Trinajstić information content (AvgIpc) is 4.06. The van der Waals surface area contributed by atoms with Crippen molar-refractivity contribution in [3.8, 4) is 0 Å². The van der Waals surface area contributed by atoms with Crippen molar-refractivity contribution in [2.45, 2.75) is 24.7 Å². The summed E-state index contributed by atoms with van der Waals surface area (Å²) in [7, 11) is 1.50. The second-order valence-corrected chi connectivity index (χ2v) is 12.8. The number of aldehydes is 1. The molecule has 2 saturated carbocycles. The smallest absolute Gasteiger partial charge is 0.272 e. The van der Waals surface area contributed by atoms with Crippen molar-refractivity contribution in [3.63, 3.8) is 0 Å². The predicted molar refractivity (Wildman–Crippen MR) is 190 cm³/mol. The van der Waals surface area contributed by atoms with E-state index >= 15 is 0 Å². The van der Waals surface area contributed by atoms with Crippen molar-refractivity contribution < 1.29 is 28.3 Å². The molecule has 3 amide bonds. The summed E-state index contributed by atoms with van der Waals surface area (Å²) in [6.07, 6.45) is 4.97. The highest BCUT2D eigenvalue weighted by Crippen LogP contribution is 2.75. The Morgan fingerprint density at radius 1 is 1.02 bits per heavy atom. The Kier molecular flexibility index (Phi) is 12.2. The van der Waals surface area contributed by atoms with Gasteiger partial charge >= 0.3 is 0 Å². The summed E-state index contributed by atoms with van der Waals surface area (Å²) in [5, 5.41) is 14.3. The number of amides is 3. The highest BCUT2D eigenvalue weighted by Gasteiger charge is 2.70. The fraction of sp³-hybridized carbons (Fsp3) is 0.405. The van der Waals surface area contributed by atoms with Crippen LogP contribution in [0.15, 0.2) is 54.7 Å². The molecular weight excluding hydrogens is 655 g/mol. The van der Waals surface area contributed by atoms with Crippen molar-refractivity contribution in [1.82, 2.24) is 25.4 Å². The van der Waals surface area contributed by atoms with Gasteiger partial charge in [0.1, 0.15) is 5.82 Å². The molecule has 1 aromatic heterocycles. The first-order valence-corrected chi connectivity index (χ1v) is 17.1. The van der Waals surface area contributed by atoms with Gasteiger partial charge in [-0.15, -0.1) is 0 Å². The maximum atomic E-state index is 14.7. The number of benzene rings is 2. The van der Waals surface area contributed by atoms with E-state index < -0.39 is 11.7 Å². The van der Waals surface area contributed by atoms with E-state index in [9.17, 15) is 23.6 Å². The molecule has 1 aliphatic heterocycles. The number of carbonyl (C=O) groups excluding carboxylic acids is 4. The lowest BCUT2D eigenvalue weighted by Gasteiger charge is -2.35. The zero-order chi connectivity index (χ0) is 36.5. The van der Waals surface area contributed by atoms with E-state index in [2.05, 4.69) is 21.4 Å². The molecule has 0 radical (unpaired) electrons. The van der Waals surface area contributed by atoms with Crippen molar-refractivity contribution in [3.05, 3.63) is 94.1 Å². The van der Waals surface area contributed by atoms with Gasteiger partial charge in [-0.2, -0.15) is 0 Å². The molecule has 1 saturated heterocycles. The van der Waals surface area contributed by atoms with E-state index in [1.54, 1.807) is 35.4 Å². The number of halogens is 1. The van der Waals surface area contributed by atoms with Gasteiger partial charge in [-0.25, -0.2) is 9.37 Å². The summed E-state index contributed by atoms with van der Waals surface area (Å²) in [4.78, 5) is 57.2. The summed E-state index contributed by atoms with van der Waals surface area (Å²) < 4.78 is 20.3. The average molecular weight is 701 g/mol. The first-order valence-electron chi connectivity index (χ1n) is 17.1. The van der Waals surface area contributed by atoms with Crippen molar-refractivity contribution in [2.75, 3.05) is 71.8 Å². The molecule has 3 aliphatic rings. The van der Waals surface area contributed by atoms with Gasteiger partial charge in [-0.1, -0.05) is 30.3 Å². The number of nitrogen functional groups attached to an aromatic ring is 1. The number of nitrogens with zero attached hydrogens (tertiary/aromatic N) is 3. The summed E-state index contributed by atoms with van der Waals surface area (Å²) in [6, 6.07) is 12.8. The quantitative estimate of drug-likeness (QED) is 0.0892. The Balaban J connectivity index is 0.00000248. The maximum Gasteiger partial charge on any atom is 0.272 e. The largest absolute Gasteiger partial charge is 0.397 e. The summed E-state index contributed by atoms with van der Waals surface area (Å²) in [5.41, 5.74) is 14.2. The third kappa shape index (κ3) is 8.82. The Morgan fingerprint density at radius 3 is 2.39 bits per heavy atom. The van der Waals surface area contributed by atoms with Gasteiger partial charge in [0.05, 0.1) is 31.0 Å². The van der Waals surface area contributed by atoms with Crippen molar-refractivity contribution in [2.24, 2.45) is 11.7 Å². The van der Waals surface area contributed by atoms with Crippen LogP contribution in [0.3, 0.4) is 0 Å². The predicted octanol–water partition coefficient (Wildman–Crippen LogP) is 1.78. The second-order valence-electron chi connectivity index (χ2n) is 12.8. The Hall–Kier alpha value is -5.05. The number of carbonyl (C=O) groups is 4. The van der Waals surface area contributed by atoms with Gasteiger partial charge in [0, 0.05) is 74.1 Å². The van der Waals surface area contributed by atoms with Gasteiger partial charge < -0.3 is 42.0 Å². The third-order valence-electron chi connectivity index (χ3n) is 9.60. The molecule has 2 heterocycles. The maximum absolute atomic E-state index is 14.7. The van der Waals surface area contributed by atoms with Gasteiger partial charge in [0.25, 0.3) is 11.8 Å². The van der Waals surface area contributed by atoms with E-state index in [1.807, 2.05) is 6.07 Å². The van der Waals surface area contributed by atoms with E-state index in [0.717, 1.165) is 11.5 Å². The molecule has 0 atom stereocenters. The number of nitrogens with one attached hydrogen (secondary N) is 3. The zero-order valence-electron chi connectivity index (χ0n) is 28.8.